The third-order valence-electron chi connectivity index (χ3n) is 4.89. The van der Waals surface area contributed by atoms with Crippen molar-refractivity contribution < 1.29 is 14.0 Å². The molecule has 2 aromatic rings. The average Bonchev–Trinajstić information content (AvgIpc) is 2.70. The molecule has 0 radical (unpaired) electrons. The van der Waals surface area contributed by atoms with Gasteiger partial charge in [0.15, 0.2) is 0 Å². The van der Waals surface area contributed by atoms with E-state index in [2.05, 4.69) is 22.3 Å². The van der Waals surface area contributed by atoms with Gasteiger partial charge in [-0.25, -0.2) is 4.39 Å². The Labute approximate surface area is 158 Å². The Morgan fingerprint density at radius 1 is 0.926 bits per heavy atom. The van der Waals surface area contributed by atoms with E-state index in [-0.39, 0.29) is 11.7 Å². The third-order valence-corrected chi connectivity index (χ3v) is 4.89. The maximum Gasteiger partial charge on any atom is 0.239 e. The molecule has 0 aliphatic carbocycles. The van der Waals surface area contributed by atoms with E-state index < -0.39 is 11.3 Å². The number of hydrogen-bond acceptors (Lipinski definition) is 3. The minimum atomic E-state index is -1.21. The van der Waals surface area contributed by atoms with Gasteiger partial charge in [0.05, 0.1) is 0 Å². The van der Waals surface area contributed by atoms with Crippen LogP contribution in [0.2, 0.25) is 0 Å². The van der Waals surface area contributed by atoms with Gasteiger partial charge >= 0.3 is 0 Å². The fourth-order valence-electron chi connectivity index (χ4n) is 3.12. The number of anilines is 2. The molecule has 6 heteroatoms. The van der Waals surface area contributed by atoms with Crippen LogP contribution in [0, 0.1) is 11.2 Å². The molecular formula is C21H24FN3O2. The summed E-state index contributed by atoms with van der Waals surface area (Å²) in [6.07, 6.45) is 0. The highest BCUT2D eigenvalue weighted by Crippen LogP contribution is 2.24. The molecule has 5 nitrogen and oxygen atoms in total. The first-order chi connectivity index (χ1) is 12.9. The highest BCUT2D eigenvalue weighted by atomic mass is 19.1. The number of piperazine rings is 1. The van der Waals surface area contributed by atoms with Crippen molar-refractivity contribution >= 4 is 23.2 Å². The molecule has 0 saturated carbocycles. The first kappa shape index (κ1) is 18.9. The van der Waals surface area contributed by atoms with Gasteiger partial charge in [-0.05, 0) is 50.2 Å². The van der Waals surface area contributed by atoms with Crippen molar-refractivity contribution in [2.75, 3.05) is 36.4 Å². The summed E-state index contributed by atoms with van der Waals surface area (Å²) in [6, 6.07) is 15.6. The Hall–Kier alpha value is -2.89. The van der Waals surface area contributed by atoms with Crippen LogP contribution < -0.4 is 10.2 Å². The van der Waals surface area contributed by atoms with Gasteiger partial charge in [-0.15, -0.1) is 0 Å². The van der Waals surface area contributed by atoms with Crippen molar-refractivity contribution in [3.05, 3.63) is 60.4 Å². The lowest BCUT2D eigenvalue weighted by Crippen LogP contribution is -2.54. The van der Waals surface area contributed by atoms with E-state index in [1.54, 1.807) is 18.7 Å². The third kappa shape index (κ3) is 4.27. The minimum Gasteiger partial charge on any atom is -0.368 e. The normalized spacial score (nSPS) is 14.8. The number of nitrogens with one attached hydrogen (secondary N) is 1. The Kier molecular flexibility index (Phi) is 5.44. The molecule has 1 aliphatic rings. The Balaban J connectivity index is 1.60. The molecular weight excluding hydrogens is 345 g/mol. The van der Waals surface area contributed by atoms with Gasteiger partial charge < -0.3 is 15.1 Å². The van der Waals surface area contributed by atoms with Gasteiger partial charge in [-0.2, -0.15) is 0 Å². The average molecular weight is 369 g/mol. The molecule has 1 saturated heterocycles. The Bertz CT molecular complexity index is 798. The topological polar surface area (TPSA) is 52.7 Å². The van der Waals surface area contributed by atoms with Crippen molar-refractivity contribution in [2.24, 2.45) is 5.41 Å². The highest BCUT2D eigenvalue weighted by Gasteiger charge is 2.40. The fraction of sp³-hybridized carbons (Fsp3) is 0.333. The summed E-state index contributed by atoms with van der Waals surface area (Å²) in [5, 5.41) is 2.70. The standard InChI is InChI=1S/C21H24FN3O2/c1-21(2,19(26)23-17-10-8-16(22)9-11-17)20(27)25-14-12-24(13-15-25)18-6-4-3-5-7-18/h3-11H,12-15H2,1-2H3,(H,23,26). The van der Waals surface area contributed by atoms with Gasteiger partial charge in [-0.1, -0.05) is 18.2 Å². The number of para-hydroxylation sites is 1. The van der Waals surface area contributed by atoms with Gasteiger partial charge in [0, 0.05) is 37.6 Å². The van der Waals surface area contributed by atoms with Crippen LogP contribution in [0.15, 0.2) is 54.6 Å². The first-order valence-electron chi connectivity index (χ1n) is 9.04. The summed E-state index contributed by atoms with van der Waals surface area (Å²) in [5.41, 5.74) is 0.401. The van der Waals surface area contributed by atoms with Gasteiger partial charge in [0.25, 0.3) is 0 Å². The molecule has 1 aliphatic heterocycles. The summed E-state index contributed by atoms with van der Waals surface area (Å²) in [6.45, 7) is 5.84. The second kappa shape index (κ2) is 7.78. The lowest BCUT2D eigenvalue weighted by molar-refractivity contribution is -0.146. The molecule has 2 amide bonds. The number of nitrogens with zero attached hydrogens (tertiary/aromatic N) is 2. The van der Waals surface area contributed by atoms with E-state index >= 15 is 0 Å². The molecule has 0 spiro atoms. The predicted octanol–water partition coefficient (Wildman–Crippen LogP) is 3.14. The van der Waals surface area contributed by atoms with E-state index in [9.17, 15) is 14.0 Å². The molecule has 27 heavy (non-hydrogen) atoms. The van der Waals surface area contributed by atoms with Crippen molar-refractivity contribution in [3.63, 3.8) is 0 Å². The van der Waals surface area contributed by atoms with E-state index in [1.807, 2.05) is 18.2 Å². The van der Waals surface area contributed by atoms with E-state index in [1.165, 1.54) is 24.3 Å². The van der Waals surface area contributed by atoms with Crippen molar-refractivity contribution in [2.45, 2.75) is 13.8 Å². The predicted molar refractivity (Wildman–Crippen MR) is 104 cm³/mol. The summed E-state index contributed by atoms with van der Waals surface area (Å²) in [7, 11) is 0. The number of amides is 2. The zero-order valence-corrected chi connectivity index (χ0v) is 15.6. The molecule has 0 unspecified atom stereocenters. The maximum atomic E-state index is 13.0. The maximum absolute atomic E-state index is 13.0. The summed E-state index contributed by atoms with van der Waals surface area (Å²) in [4.78, 5) is 29.5. The van der Waals surface area contributed by atoms with Crippen LogP contribution in [0.5, 0.6) is 0 Å². The second-order valence-electron chi connectivity index (χ2n) is 7.20. The zero-order chi connectivity index (χ0) is 19.4. The van der Waals surface area contributed by atoms with E-state index in [0.717, 1.165) is 18.8 Å². The zero-order valence-electron chi connectivity index (χ0n) is 15.6. The molecule has 0 atom stereocenters. The highest BCUT2D eigenvalue weighted by molar-refractivity contribution is 6.09. The first-order valence-corrected chi connectivity index (χ1v) is 9.04. The number of hydrogen-bond donors (Lipinski definition) is 1. The Morgan fingerprint density at radius 3 is 2.11 bits per heavy atom. The van der Waals surface area contributed by atoms with Gasteiger partial charge in [0.2, 0.25) is 11.8 Å². The van der Waals surface area contributed by atoms with Crippen LogP contribution in [0.1, 0.15) is 13.8 Å². The van der Waals surface area contributed by atoms with Crippen molar-refractivity contribution in [1.82, 2.24) is 4.90 Å². The Morgan fingerprint density at radius 2 is 1.52 bits per heavy atom. The lowest BCUT2D eigenvalue weighted by Gasteiger charge is -2.39. The molecule has 2 aromatic carbocycles. The largest absolute Gasteiger partial charge is 0.368 e. The van der Waals surface area contributed by atoms with Crippen LogP contribution >= 0.6 is 0 Å². The number of rotatable bonds is 4. The van der Waals surface area contributed by atoms with Crippen LogP contribution in [0.3, 0.4) is 0 Å². The minimum absolute atomic E-state index is 0.199. The summed E-state index contributed by atoms with van der Waals surface area (Å²) >= 11 is 0. The monoisotopic (exact) mass is 369 g/mol. The van der Waals surface area contributed by atoms with Crippen LogP contribution in [0.25, 0.3) is 0 Å². The fourth-order valence-corrected chi connectivity index (χ4v) is 3.12. The number of benzene rings is 2. The quantitative estimate of drug-likeness (QED) is 0.843. The molecule has 142 valence electrons. The molecule has 1 fully saturated rings. The molecule has 1 heterocycles. The lowest BCUT2D eigenvalue weighted by atomic mass is 9.89. The van der Waals surface area contributed by atoms with Crippen LogP contribution in [-0.4, -0.2) is 42.9 Å². The van der Waals surface area contributed by atoms with Crippen LogP contribution in [-0.2, 0) is 9.59 Å². The van der Waals surface area contributed by atoms with Crippen molar-refractivity contribution in [1.29, 1.82) is 0 Å². The van der Waals surface area contributed by atoms with E-state index in [0.29, 0.717) is 18.8 Å². The van der Waals surface area contributed by atoms with E-state index in [4.69, 9.17) is 0 Å². The SMILES string of the molecule is CC(C)(C(=O)Nc1ccc(F)cc1)C(=O)N1CCN(c2ccccc2)CC1. The summed E-state index contributed by atoms with van der Waals surface area (Å²) < 4.78 is 13.0. The number of carbonyl (C=O) groups excluding carboxylic acids is 2. The molecule has 3 rings (SSSR count). The molecule has 1 N–H and O–H groups in total. The van der Waals surface area contributed by atoms with Crippen LogP contribution in [0.4, 0.5) is 15.8 Å². The summed E-state index contributed by atoms with van der Waals surface area (Å²) in [5.74, 6) is -0.973. The number of halogens is 1. The molecule has 0 aromatic heterocycles. The van der Waals surface area contributed by atoms with Crippen molar-refractivity contribution in [3.8, 4) is 0 Å². The number of carbonyl (C=O) groups is 2. The van der Waals surface area contributed by atoms with Gasteiger partial charge in [-0.3, -0.25) is 9.59 Å². The second-order valence-corrected chi connectivity index (χ2v) is 7.20. The van der Waals surface area contributed by atoms with Gasteiger partial charge in [0.1, 0.15) is 11.2 Å². The molecule has 0 bridgehead atoms. The smallest absolute Gasteiger partial charge is 0.239 e.